The molecule has 1 N–H and O–H groups in total. The number of anilines is 1. The Bertz CT molecular complexity index is 1280. The SMILES string of the molecule is COCCCNC(=O)CSC1=Nc2ccccc2C2=N[C@H](CC(=O)N3CCN(c4ccccc4)CC3)C(=O)N12. The molecule has 0 aromatic heterocycles. The van der Waals surface area contributed by atoms with Crippen LogP contribution in [0.5, 0.6) is 0 Å². The number of thioether (sulfide) groups is 1. The lowest BCUT2D eigenvalue weighted by atomic mass is 10.1. The van der Waals surface area contributed by atoms with Crippen molar-refractivity contribution in [2.45, 2.75) is 18.9 Å². The molecule has 0 saturated carbocycles. The quantitative estimate of drug-likeness (QED) is 0.482. The Hall–Kier alpha value is -3.70. The first-order valence-corrected chi connectivity index (χ1v) is 14.1. The summed E-state index contributed by atoms with van der Waals surface area (Å²) in [6.07, 6.45) is 0.726. The van der Waals surface area contributed by atoms with Gasteiger partial charge < -0.3 is 19.9 Å². The average Bonchev–Trinajstić information content (AvgIpc) is 3.30. The molecule has 11 heteroatoms. The number of nitrogens with one attached hydrogen (secondary N) is 1. The third-order valence-electron chi connectivity index (χ3n) is 6.85. The lowest BCUT2D eigenvalue weighted by Crippen LogP contribution is -2.50. The second kappa shape index (κ2) is 12.4. The Kier molecular flexibility index (Phi) is 8.58. The van der Waals surface area contributed by atoms with Crippen LogP contribution in [0.2, 0.25) is 0 Å². The summed E-state index contributed by atoms with van der Waals surface area (Å²) in [5.41, 5.74) is 2.57. The van der Waals surface area contributed by atoms with E-state index in [1.54, 1.807) is 7.11 Å². The molecule has 3 heterocycles. The molecule has 3 amide bonds. The molecule has 1 saturated heterocycles. The minimum atomic E-state index is -0.820. The molecule has 10 nitrogen and oxygen atoms in total. The van der Waals surface area contributed by atoms with Gasteiger partial charge in [-0.05, 0) is 30.7 Å². The van der Waals surface area contributed by atoms with Crippen LogP contribution in [0.4, 0.5) is 11.4 Å². The highest BCUT2D eigenvalue weighted by Crippen LogP contribution is 2.34. The van der Waals surface area contributed by atoms with Crippen molar-refractivity contribution in [1.82, 2.24) is 15.1 Å². The van der Waals surface area contributed by atoms with Crippen molar-refractivity contribution in [3.05, 3.63) is 60.2 Å². The molecule has 3 aliphatic rings. The summed E-state index contributed by atoms with van der Waals surface area (Å²) in [5.74, 6) is 0.0764. The number of carbonyl (C=O) groups is 3. The van der Waals surface area contributed by atoms with E-state index in [1.165, 1.54) is 16.7 Å². The number of nitrogens with zero attached hydrogens (tertiary/aromatic N) is 5. The number of fused-ring (bicyclic) bond motifs is 3. The smallest absolute Gasteiger partial charge is 0.259 e. The molecule has 204 valence electrons. The van der Waals surface area contributed by atoms with Gasteiger partial charge in [-0.1, -0.05) is 42.1 Å². The second-order valence-electron chi connectivity index (χ2n) is 9.45. The van der Waals surface area contributed by atoms with Crippen LogP contribution in [0, 0.1) is 0 Å². The number of hydrogen-bond acceptors (Lipinski definition) is 8. The van der Waals surface area contributed by atoms with Crippen molar-refractivity contribution in [1.29, 1.82) is 0 Å². The van der Waals surface area contributed by atoms with E-state index in [1.807, 2.05) is 47.4 Å². The van der Waals surface area contributed by atoms with Gasteiger partial charge in [-0.15, -0.1) is 0 Å². The van der Waals surface area contributed by atoms with Gasteiger partial charge in [-0.3, -0.25) is 19.4 Å². The van der Waals surface area contributed by atoms with Gasteiger partial charge in [0.2, 0.25) is 11.8 Å². The number of ether oxygens (including phenoxy) is 1. The number of aliphatic imine (C=N–C) groups is 2. The van der Waals surface area contributed by atoms with E-state index in [0.717, 1.165) is 30.8 Å². The number of piperazine rings is 1. The van der Waals surface area contributed by atoms with Crippen LogP contribution in [-0.4, -0.2) is 96.8 Å². The fraction of sp³-hybridized carbons (Fsp3) is 0.393. The molecular formula is C28H32N6O4S. The van der Waals surface area contributed by atoms with Crippen LogP contribution in [0.25, 0.3) is 0 Å². The summed E-state index contributed by atoms with van der Waals surface area (Å²) in [4.78, 5) is 54.0. The summed E-state index contributed by atoms with van der Waals surface area (Å²) in [6, 6.07) is 16.8. The van der Waals surface area contributed by atoms with Gasteiger partial charge >= 0.3 is 0 Å². The van der Waals surface area contributed by atoms with E-state index in [9.17, 15) is 14.4 Å². The van der Waals surface area contributed by atoms with Gasteiger partial charge in [0.15, 0.2) is 5.17 Å². The average molecular weight is 549 g/mol. The van der Waals surface area contributed by atoms with Crippen LogP contribution in [-0.2, 0) is 19.1 Å². The standard InChI is InChI=1S/C28H32N6O4S/c1-38-17-7-12-29-24(35)19-39-28-31-22-11-6-5-10-21(22)26-30-23(27(37)34(26)28)18-25(36)33-15-13-32(14-16-33)20-8-3-2-4-9-20/h2-6,8-11,23H,7,12-19H2,1H3,(H,29,35)/t23-/m1/s1. The Morgan fingerprint density at radius 3 is 2.56 bits per heavy atom. The van der Waals surface area contributed by atoms with Gasteiger partial charge in [0.1, 0.15) is 11.9 Å². The van der Waals surface area contributed by atoms with Crippen LogP contribution in [0.15, 0.2) is 64.6 Å². The maximum Gasteiger partial charge on any atom is 0.259 e. The normalized spacial score (nSPS) is 18.3. The molecular weight excluding hydrogens is 516 g/mol. The zero-order valence-electron chi connectivity index (χ0n) is 21.9. The third kappa shape index (κ3) is 6.15. The number of benzene rings is 2. The second-order valence-corrected chi connectivity index (χ2v) is 10.4. The number of amidine groups is 2. The largest absolute Gasteiger partial charge is 0.385 e. The predicted octanol–water partition coefficient (Wildman–Crippen LogP) is 2.27. The molecule has 1 atom stereocenters. The third-order valence-corrected chi connectivity index (χ3v) is 7.79. The summed E-state index contributed by atoms with van der Waals surface area (Å²) >= 11 is 1.19. The highest BCUT2D eigenvalue weighted by molar-refractivity contribution is 8.14. The van der Waals surface area contributed by atoms with Crippen LogP contribution in [0.3, 0.4) is 0 Å². The monoisotopic (exact) mass is 548 g/mol. The number of amides is 3. The predicted molar refractivity (Wildman–Crippen MR) is 153 cm³/mol. The summed E-state index contributed by atoms with van der Waals surface area (Å²) < 4.78 is 5.01. The first-order chi connectivity index (χ1) is 19.0. The van der Waals surface area contributed by atoms with Gasteiger partial charge in [-0.25, -0.2) is 9.89 Å². The van der Waals surface area contributed by atoms with Gasteiger partial charge in [0.05, 0.1) is 17.9 Å². The lowest BCUT2D eigenvalue weighted by molar-refractivity contribution is -0.135. The minimum Gasteiger partial charge on any atom is -0.385 e. The van der Waals surface area contributed by atoms with Crippen molar-refractivity contribution in [2.75, 3.05) is 57.1 Å². The molecule has 39 heavy (non-hydrogen) atoms. The molecule has 0 unspecified atom stereocenters. The molecule has 3 aliphatic heterocycles. The van der Waals surface area contributed by atoms with Gasteiger partial charge in [-0.2, -0.15) is 0 Å². The highest BCUT2D eigenvalue weighted by atomic mass is 32.2. The Balaban J connectivity index is 1.23. The van der Waals surface area contributed by atoms with Gasteiger partial charge in [0, 0.05) is 57.7 Å². The van der Waals surface area contributed by atoms with E-state index < -0.39 is 6.04 Å². The van der Waals surface area contributed by atoms with E-state index in [2.05, 4.69) is 27.3 Å². The van der Waals surface area contributed by atoms with E-state index in [0.29, 0.717) is 42.9 Å². The molecule has 0 bridgehead atoms. The minimum absolute atomic E-state index is 0.00424. The topological polar surface area (TPSA) is 107 Å². The molecule has 2 aromatic carbocycles. The van der Waals surface area contributed by atoms with E-state index in [4.69, 9.17) is 9.73 Å². The van der Waals surface area contributed by atoms with Crippen LogP contribution < -0.4 is 10.2 Å². The molecule has 2 aromatic rings. The summed E-state index contributed by atoms with van der Waals surface area (Å²) in [6.45, 7) is 3.76. The first-order valence-electron chi connectivity index (χ1n) is 13.1. The molecule has 0 radical (unpaired) electrons. The first kappa shape index (κ1) is 26.9. The van der Waals surface area contributed by atoms with Crippen molar-refractivity contribution in [3.8, 4) is 0 Å². The Labute approximate surface area is 232 Å². The van der Waals surface area contributed by atoms with Crippen LogP contribution in [0.1, 0.15) is 18.4 Å². The fourth-order valence-electron chi connectivity index (χ4n) is 4.80. The number of carbonyl (C=O) groups excluding carboxylic acids is 3. The van der Waals surface area contributed by atoms with Crippen LogP contribution >= 0.6 is 11.8 Å². The molecule has 0 aliphatic carbocycles. The maximum absolute atomic E-state index is 13.5. The Morgan fingerprint density at radius 1 is 1.05 bits per heavy atom. The van der Waals surface area contributed by atoms with E-state index in [-0.39, 0.29) is 29.9 Å². The number of para-hydroxylation sites is 2. The fourth-order valence-corrected chi connectivity index (χ4v) is 5.64. The zero-order valence-corrected chi connectivity index (χ0v) is 22.7. The maximum atomic E-state index is 13.5. The van der Waals surface area contributed by atoms with Crippen molar-refractivity contribution >= 4 is 51.9 Å². The summed E-state index contributed by atoms with van der Waals surface area (Å²) in [7, 11) is 1.62. The van der Waals surface area contributed by atoms with E-state index >= 15 is 0 Å². The lowest BCUT2D eigenvalue weighted by Gasteiger charge is -2.36. The number of methoxy groups -OCH3 is 1. The molecule has 0 spiro atoms. The Morgan fingerprint density at radius 2 is 1.79 bits per heavy atom. The van der Waals surface area contributed by atoms with Gasteiger partial charge in [0.25, 0.3) is 5.91 Å². The number of hydrogen-bond donors (Lipinski definition) is 1. The summed E-state index contributed by atoms with van der Waals surface area (Å²) in [5, 5.41) is 3.25. The highest BCUT2D eigenvalue weighted by Gasteiger charge is 2.42. The number of rotatable bonds is 9. The molecule has 5 rings (SSSR count). The van der Waals surface area contributed by atoms with Crippen molar-refractivity contribution in [2.24, 2.45) is 9.98 Å². The zero-order chi connectivity index (χ0) is 27.2. The van der Waals surface area contributed by atoms with Crippen molar-refractivity contribution < 1.29 is 19.1 Å². The molecule has 1 fully saturated rings. The van der Waals surface area contributed by atoms with Crippen molar-refractivity contribution in [3.63, 3.8) is 0 Å².